The first-order valence-electron chi connectivity index (χ1n) is 5.14. The molecule has 0 aliphatic heterocycles. The Kier molecular flexibility index (Phi) is 5.25. The van der Waals surface area contributed by atoms with Crippen molar-refractivity contribution >= 4 is 5.84 Å². The molecule has 0 aliphatic rings. The van der Waals surface area contributed by atoms with E-state index in [0.29, 0.717) is 13.0 Å². The molecule has 0 atom stereocenters. The zero-order valence-corrected chi connectivity index (χ0v) is 9.99. The number of nitrogens with zero attached hydrogens (tertiary/aromatic N) is 1. The smallest absolute Gasteiger partial charge is 0.387 e. The van der Waals surface area contributed by atoms with Crippen LogP contribution in [-0.2, 0) is 0 Å². The lowest BCUT2D eigenvalue weighted by atomic mass is 9.88. The van der Waals surface area contributed by atoms with Gasteiger partial charge in [0.2, 0.25) is 0 Å². The molecule has 0 aromatic rings. The van der Waals surface area contributed by atoms with Crippen molar-refractivity contribution in [2.45, 2.75) is 32.9 Å². The normalized spacial score (nSPS) is 13.2. The molecular formula is C10H20F3N3. The molecule has 16 heavy (non-hydrogen) atoms. The monoisotopic (exact) mass is 239 g/mol. The Bertz CT molecular complexity index is 236. The van der Waals surface area contributed by atoms with E-state index in [2.05, 4.69) is 0 Å². The molecule has 0 rings (SSSR count). The lowest BCUT2D eigenvalue weighted by Crippen LogP contribution is -2.35. The number of nitrogens with one attached hydrogen (secondary N) is 1. The molecule has 96 valence electrons. The zero-order chi connectivity index (χ0) is 13.0. The van der Waals surface area contributed by atoms with Gasteiger partial charge in [0.05, 0.1) is 12.3 Å². The Hall–Kier alpha value is -0.780. The quantitative estimate of drug-likeness (QED) is 0.551. The molecule has 0 aromatic heterocycles. The second-order valence-corrected chi connectivity index (χ2v) is 4.72. The van der Waals surface area contributed by atoms with E-state index in [1.165, 1.54) is 0 Å². The molecule has 0 aliphatic carbocycles. The highest BCUT2D eigenvalue weighted by Crippen LogP contribution is 2.22. The second kappa shape index (κ2) is 5.52. The van der Waals surface area contributed by atoms with E-state index in [1.807, 2.05) is 13.8 Å². The van der Waals surface area contributed by atoms with Gasteiger partial charge in [-0.25, -0.2) is 0 Å². The predicted molar refractivity (Wildman–Crippen MR) is 58.5 cm³/mol. The molecule has 0 aromatic carbocycles. The first-order valence-corrected chi connectivity index (χ1v) is 5.14. The highest BCUT2D eigenvalue weighted by molar-refractivity contribution is 5.82. The summed E-state index contributed by atoms with van der Waals surface area (Å²) < 4.78 is 35.8. The SMILES string of the molecule is CN(CCC(F)(F)F)CCC(C)(C)C(=N)N. The third-order valence-corrected chi connectivity index (χ3v) is 2.62. The molecule has 0 radical (unpaired) electrons. The molecule has 0 bridgehead atoms. The number of nitrogens with two attached hydrogens (primary N) is 1. The van der Waals surface area contributed by atoms with Gasteiger partial charge < -0.3 is 10.6 Å². The van der Waals surface area contributed by atoms with Crippen LogP contribution in [0.1, 0.15) is 26.7 Å². The molecule has 0 saturated heterocycles. The number of halogens is 3. The van der Waals surface area contributed by atoms with Crippen molar-refractivity contribution in [1.82, 2.24) is 4.90 Å². The van der Waals surface area contributed by atoms with Crippen molar-refractivity contribution in [1.29, 1.82) is 5.41 Å². The summed E-state index contributed by atoms with van der Waals surface area (Å²) in [6, 6.07) is 0. The van der Waals surface area contributed by atoms with Crippen molar-refractivity contribution < 1.29 is 13.2 Å². The standard InChI is InChI=1S/C10H20F3N3/c1-9(2,8(14)15)4-6-16(3)7-5-10(11,12)13/h4-7H2,1-3H3,(H3,14,15). The molecule has 0 amide bonds. The van der Waals surface area contributed by atoms with E-state index in [0.717, 1.165) is 0 Å². The molecule has 0 heterocycles. The maximum Gasteiger partial charge on any atom is 0.390 e. The lowest BCUT2D eigenvalue weighted by molar-refractivity contribution is -0.137. The third kappa shape index (κ3) is 6.66. The summed E-state index contributed by atoms with van der Waals surface area (Å²) >= 11 is 0. The Morgan fingerprint density at radius 2 is 1.62 bits per heavy atom. The van der Waals surface area contributed by atoms with E-state index in [4.69, 9.17) is 11.1 Å². The van der Waals surface area contributed by atoms with E-state index in [1.54, 1.807) is 11.9 Å². The van der Waals surface area contributed by atoms with E-state index in [-0.39, 0.29) is 12.4 Å². The van der Waals surface area contributed by atoms with Crippen LogP contribution in [0.25, 0.3) is 0 Å². The number of alkyl halides is 3. The Morgan fingerprint density at radius 3 is 2.00 bits per heavy atom. The van der Waals surface area contributed by atoms with Gasteiger partial charge in [0.25, 0.3) is 0 Å². The highest BCUT2D eigenvalue weighted by atomic mass is 19.4. The summed E-state index contributed by atoms with van der Waals surface area (Å²) in [6.45, 7) is 4.11. The minimum Gasteiger partial charge on any atom is -0.387 e. The molecule has 0 spiro atoms. The van der Waals surface area contributed by atoms with Crippen molar-refractivity contribution in [3.8, 4) is 0 Å². The third-order valence-electron chi connectivity index (χ3n) is 2.62. The highest BCUT2D eigenvalue weighted by Gasteiger charge is 2.27. The topological polar surface area (TPSA) is 53.1 Å². The average Bonchev–Trinajstić information content (AvgIpc) is 2.10. The van der Waals surface area contributed by atoms with E-state index >= 15 is 0 Å². The first kappa shape index (κ1) is 15.2. The van der Waals surface area contributed by atoms with Crippen LogP contribution in [0.15, 0.2) is 0 Å². The van der Waals surface area contributed by atoms with Crippen molar-refractivity contribution in [2.24, 2.45) is 11.1 Å². The van der Waals surface area contributed by atoms with Crippen LogP contribution in [0.2, 0.25) is 0 Å². The fourth-order valence-corrected chi connectivity index (χ4v) is 1.03. The lowest BCUT2D eigenvalue weighted by Gasteiger charge is -2.26. The van der Waals surface area contributed by atoms with Gasteiger partial charge in [-0.3, -0.25) is 5.41 Å². The van der Waals surface area contributed by atoms with E-state index < -0.39 is 18.0 Å². The summed E-state index contributed by atoms with van der Waals surface area (Å²) in [5.74, 6) is 0.0664. The molecule has 3 nitrogen and oxygen atoms in total. The second-order valence-electron chi connectivity index (χ2n) is 4.72. The van der Waals surface area contributed by atoms with Crippen LogP contribution in [-0.4, -0.2) is 37.0 Å². The van der Waals surface area contributed by atoms with Gasteiger partial charge in [0, 0.05) is 12.0 Å². The number of amidine groups is 1. The molecule has 0 unspecified atom stereocenters. The maximum atomic E-state index is 11.9. The fourth-order valence-electron chi connectivity index (χ4n) is 1.03. The van der Waals surface area contributed by atoms with Gasteiger partial charge in [0.15, 0.2) is 0 Å². The van der Waals surface area contributed by atoms with Gasteiger partial charge in [-0.15, -0.1) is 0 Å². The van der Waals surface area contributed by atoms with Crippen molar-refractivity contribution in [2.75, 3.05) is 20.1 Å². The first-order chi connectivity index (χ1) is 7.04. The summed E-state index contributed by atoms with van der Waals surface area (Å²) in [6.07, 6.45) is -4.33. The number of hydrogen-bond donors (Lipinski definition) is 2. The van der Waals surface area contributed by atoms with Gasteiger partial charge in [-0.05, 0) is 20.0 Å². The molecule has 0 fully saturated rings. The number of hydrogen-bond acceptors (Lipinski definition) is 2. The van der Waals surface area contributed by atoms with Crippen molar-refractivity contribution in [3.63, 3.8) is 0 Å². The van der Waals surface area contributed by atoms with Crippen LogP contribution >= 0.6 is 0 Å². The Morgan fingerprint density at radius 1 is 1.19 bits per heavy atom. The molecular weight excluding hydrogens is 219 g/mol. The molecule has 3 N–H and O–H groups in total. The summed E-state index contributed by atoms with van der Waals surface area (Å²) in [7, 11) is 1.64. The fraction of sp³-hybridized carbons (Fsp3) is 0.900. The van der Waals surface area contributed by atoms with Crippen LogP contribution in [0.3, 0.4) is 0 Å². The Balaban J connectivity index is 3.90. The van der Waals surface area contributed by atoms with Gasteiger partial charge >= 0.3 is 6.18 Å². The van der Waals surface area contributed by atoms with Gasteiger partial charge in [-0.2, -0.15) is 13.2 Å². The van der Waals surface area contributed by atoms with Crippen LogP contribution in [0.4, 0.5) is 13.2 Å². The van der Waals surface area contributed by atoms with Crippen LogP contribution < -0.4 is 5.73 Å². The number of rotatable bonds is 6. The van der Waals surface area contributed by atoms with Gasteiger partial charge in [-0.1, -0.05) is 13.8 Å². The minimum absolute atomic E-state index is 0.0164. The summed E-state index contributed by atoms with van der Waals surface area (Å²) in [5.41, 5.74) is 4.93. The summed E-state index contributed by atoms with van der Waals surface area (Å²) in [4.78, 5) is 1.61. The zero-order valence-electron chi connectivity index (χ0n) is 9.99. The maximum absolute atomic E-state index is 11.9. The van der Waals surface area contributed by atoms with Crippen LogP contribution in [0.5, 0.6) is 0 Å². The summed E-state index contributed by atoms with van der Waals surface area (Å²) in [5, 5.41) is 7.32. The predicted octanol–water partition coefficient (Wildman–Crippen LogP) is 2.22. The molecule has 6 heteroatoms. The van der Waals surface area contributed by atoms with Crippen molar-refractivity contribution in [3.05, 3.63) is 0 Å². The average molecular weight is 239 g/mol. The van der Waals surface area contributed by atoms with E-state index in [9.17, 15) is 13.2 Å². The molecule has 0 saturated carbocycles. The Labute approximate surface area is 94.3 Å². The largest absolute Gasteiger partial charge is 0.390 e. The minimum atomic E-state index is -4.11. The van der Waals surface area contributed by atoms with Gasteiger partial charge in [0.1, 0.15) is 0 Å². The van der Waals surface area contributed by atoms with Crippen LogP contribution in [0, 0.1) is 10.8 Å².